The van der Waals surface area contributed by atoms with Gasteiger partial charge in [0.05, 0.1) is 16.9 Å². The third-order valence-corrected chi connectivity index (χ3v) is 5.62. The maximum Gasteiger partial charge on any atom is 0.470 e. The molecule has 0 bridgehead atoms. The van der Waals surface area contributed by atoms with Gasteiger partial charge >= 0.3 is 11.7 Å². The number of nitrogen functional groups attached to an aromatic ring is 1. The van der Waals surface area contributed by atoms with Gasteiger partial charge < -0.3 is 10.5 Å². The molecule has 0 spiro atoms. The van der Waals surface area contributed by atoms with Crippen LogP contribution in [0, 0.1) is 6.92 Å². The third kappa shape index (κ3) is 3.38. The second kappa shape index (κ2) is 6.50. The van der Waals surface area contributed by atoms with Crippen LogP contribution in [0.3, 0.4) is 0 Å². The van der Waals surface area contributed by atoms with Gasteiger partial charge in [-0.25, -0.2) is 4.68 Å². The van der Waals surface area contributed by atoms with Crippen LogP contribution in [0.4, 0.5) is 32.2 Å². The Morgan fingerprint density at radius 1 is 1.15 bits per heavy atom. The lowest BCUT2D eigenvalue weighted by Gasteiger charge is -2.15. The molecule has 2 rings (SSSR count). The van der Waals surface area contributed by atoms with E-state index < -0.39 is 37.5 Å². The Hall–Kier alpha value is -2.21. The average molecular weight is 401 g/mol. The number of benzene rings is 1. The Morgan fingerprint density at radius 3 is 2.12 bits per heavy atom. The molecule has 0 saturated carbocycles. The minimum Gasteiger partial charge on any atom is -0.383 e. The summed E-state index contributed by atoms with van der Waals surface area (Å²) in [6.45, 7) is 1.15. The summed E-state index contributed by atoms with van der Waals surface area (Å²) in [4.78, 5) is -0.799. The summed E-state index contributed by atoms with van der Waals surface area (Å²) >= 11 is 0. The first-order chi connectivity index (χ1) is 11.8. The van der Waals surface area contributed by atoms with Gasteiger partial charge in [-0.05, 0) is 31.2 Å². The summed E-state index contributed by atoms with van der Waals surface area (Å²) in [6, 6.07) is 3.44. The van der Waals surface area contributed by atoms with Crippen molar-refractivity contribution in [2.24, 2.45) is 0 Å². The molecule has 12 heteroatoms. The van der Waals surface area contributed by atoms with E-state index >= 15 is 0 Å². The fraction of sp³-hybridized carbons (Fsp3) is 0.286. The third-order valence-electron chi connectivity index (χ3n) is 3.36. The van der Waals surface area contributed by atoms with E-state index in [1.807, 2.05) is 0 Å². The number of aromatic nitrogens is 2. The zero-order valence-corrected chi connectivity index (χ0v) is 14.2. The molecule has 2 aromatic rings. The highest BCUT2D eigenvalue weighted by atomic mass is 32.2. The van der Waals surface area contributed by atoms with Gasteiger partial charge in [-0.15, -0.1) is 0 Å². The minimum atomic E-state index is -5.20. The number of nitrogens with zero attached hydrogens (tertiary/aromatic N) is 2. The molecule has 5 nitrogen and oxygen atoms in total. The highest BCUT2D eigenvalue weighted by molar-refractivity contribution is 8.02. The number of methoxy groups -OCH3 is 1. The number of nitrogens with two attached hydrogens (primary N) is 1. The van der Waals surface area contributed by atoms with E-state index in [-0.39, 0.29) is 16.9 Å². The summed E-state index contributed by atoms with van der Waals surface area (Å²) in [5.41, 5.74) is -0.636. The van der Waals surface area contributed by atoms with Crippen molar-refractivity contribution in [3.63, 3.8) is 0 Å². The minimum absolute atomic E-state index is 0.0220. The number of ether oxygens (including phenoxy) is 1. The lowest BCUT2D eigenvalue weighted by Crippen LogP contribution is -2.27. The molecule has 0 aliphatic heterocycles. The number of alkyl halides is 6. The summed E-state index contributed by atoms with van der Waals surface area (Å²) in [7, 11) is -3.95. The van der Waals surface area contributed by atoms with Crippen LogP contribution in [0.5, 0.6) is 0 Å². The fourth-order valence-electron chi connectivity index (χ4n) is 2.25. The fourth-order valence-corrected chi connectivity index (χ4v) is 3.83. The van der Waals surface area contributed by atoms with Crippen LogP contribution in [0.2, 0.25) is 0 Å². The van der Waals surface area contributed by atoms with Crippen molar-refractivity contribution in [1.29, 1.82) is 0 Å². The lowest BCUT2D eigenvalue weighted by molar-refractivity contribution is -0.137. The summed E-state index contributed by atoms with van der Waals surface area (Å²) < 4.78 is 95.4. The van der Waals surface area contributed by atoms with E-state index in [1.165, 1.54) is 0 Å². The monoisotopic (exact) mass is 401 g/mol. The molecule has 1 atom stereocenters. The molecule has 0 aliphatic rings. The van der Waals surface area contributed by atoms with Gasteiger partial charge in [-0.2, -0.15) is 31.4 Å². The summed E-state index contributed by atoms with van der Waals surface area (Å²) in [5.74, 6) is -0.613. The number of aryl methyl sites for hydroxylation is 1. The summed E-state index contributed by atoms with van der Waals surface area (Å²) in [5, 5.41) is 3.79. The number of hydrogen-bond acceptors (Lipinski definition) is 4. The van der Waals surface area contributed by atoms with Crippen molar-refractivity contribution in [3.8, 4) is 5.69 Å². The normalized spacial score (nSPS) is 14.9. The van der Waals surface area contributed by atoms with Crippen molar-refractivity contribution in [2.75, 3.05) is 12.8 Å². The van der Waals surface area contributed by atoms with Crippen molar-refractivity contribution < 1.29 is 35.3 Å². The maximum atomic E-state index is 13.3. The molecule has 1 aromatic heterocycles. The topological polar surface area (TPSA) is 70.1 Å². The van der Waals surface area contributed by atoms with Crippen LogP contribution in [0.1, 0.15) is 11.3 Å². The molecule has 0 fully saturated rings. The number of anilines is 1. The maximum absolute atomic E-state index is 13.3. The second-order valence-corrected chi connectivity index (χ2v) is 7.40. The van der Waals surface area contributed by atoms with Gasteiger partial charge in [-0.3, -0.25) is 4.21 Å². The van der Waals surface area contributed by atoms with Gasteiger partial charge in [0.1, 0.15) is 25.8 Å². The van der Waals surface area contributed by atoms with Crippen LogP contribution in [0.25, 0.3) is 5.69 Å². The molecule has 0 amide bonds. The van der Waals surface area contributed by atoms with Crippen LogP contribution < -0.4 is 5.73 Å². The predicted octanol–water partition coefficient (Wildman–Crippen LogP) is 3.35. The molecule has 26 heavy (non-hydrogen) atoms. The van der Waals surface area contributed by atoms with Gasteiger partial charge in [0, 0.05) is 7.11 Å². The molecule has 0 saturated heterocycles. The van der Waals surface area contributed by atoms with Crippen LogP contribution in [-0.4, -0.2) is 32.2 Å². The molecule has 2 N–H and O–H groups in total. The highest BCUT2D eigenvalue weighted by Crippen LogP contribution is 2.37. The first-order valence-electron chi connectivity index (χ1n) is 6.82. The van der Waals surface area contributed by atoms with Crippen LogP contribution in [0.15, 0.2) is 29.2 Å². The first kappa shape index (κ1) is 20.1. The van der Waals surface area contributed by atoms with E-state index in [1.54, 1.807) is 0 Å². The average Bonchev–Trinajstić information content (AvgIpc) is 2.81. The molecular formula is C14H13F6N3O2S. The smallest absolute Gasteiger partial charge is 0.383 e. The Labute approximate surface area is 144 Å². The molecule has 1 unspecified atom stereocenters. The predicted molar refractivity (Wildman–Crippen MR) is 83.3 cm³/mol. The standard InChI is InChI=1S/C14H13F6N3O2S/c1-8-11(26(24,7-25-2)14(18,19)20)12(21)23(22-8)10-5-3-9(4-6-10)13(15,16)17/h3-7H,21H2,1-2H3. The van der Waals surface area contributed by atoms with Crippen molar-refractivity contribution in [1.82, 2.24) is 9.78 Å². The zero-order chi connectivity index (χ0) is 19.9. The molecule has 1 aromatic carbocycles. The molecule has 1 heterocycles. The number of rotatable bonds is 3. The van der Waals surface area contributed by atoms with Gasteiger partial charge in [0.25, 0.3) is 0 Å². The zero-order valence-electron chi connectivity index (χ0n) is 13.4. The Morgan fingerprint density at radius 2 is 1.69 bits per heavy atom. The molecule has 0 aliphatic carbocycles. The van der Waals surface area contributed by atoms with E-state index in [4.69, 9.17) is 5.73 Å². The Balaban J connectivity index is 2.66. The van der Waals surface area contributed by atoms with Gasteiger partial charge in [0.15, 0.2) is 0 Å². The van der Waals surface area contributed by atoms with Gasteiger partial charge in [-0.1, -0.05) is 0 Å². The quantitative estimate of drug-likeness (QED) is 0.633. The van der Waals surface area contributed by atoms with E-state index in [9.17, 15) is 30.6 Å². The van der Waals surface area contributed by atoms with Crippen molar-refractivity contribution in [3.05, 3.63) is 35.5 Å². The van der Waals surface area contributed by atoms with Gasteiger partial charge in [0.2, 0.25) is 0 Å². The highest BCUT2D eigenvalue weighted by Gasteiger charge is 2.46. The van der Waals surface area contributed by atoms with E-state index in [0.717, 1.165) is 43.0 Å². The SMILES string of the molecule is COC=S(=O)(c1c(C)nn(-c2ccc(C(F)(F)F)cc2)c1N)C(F)(F)F. The largest absolute Gasteiger partial charge is 0.470 e. The van der Waals surface area contributed by atoms with Crippen molar-refractivity contribution >= 4 is 20.9 Å². The first-order valence-corrected chi connectivity index (χ1v) is 8.44. The van der Waals surface area contributed by atoms with Crippen LogP contribution >= 0.6 is 0 Å². The number of halogens is 6. The second-order valence-electron chi connectivity index (χ2n) is 5.13. The van der Waals surface area contributed by atoms with E-state index in [2.05, 4.69) is 9.84 Å². The Kier molecular flexibility index (Phi) is 5.03. The van der Waals surface area contributed by atoms with Crippen molar-refractivity contribution in [2.45, 2.75) is 23.5 Å². The summed E-state index contributed by atoms with van der Waals surface area (Å²) in [6.07, 6.45) is -4.58. The molecule has 0 radical (unpaired) electrons. The lowest BCUT2D eigenvalue weighted by atomic mass is 10.2. The van der Waals surface area contributed by atoms with E-state index in [0.29, 0.717) is 0 Å². The van der Waals surface area contributed by atoms with Crippen LogP contribution in [-0.2, 0) is 20.4 Å². The molecular weight excluding hydrogens is 388 g/mol. The Bertz CT molecular complexity index is 922. The molecule has 144 valence electrons. The number of hydrogen-bond donors (Lipinski definition) is 1.